The van der Waals surface area contributed by atoms with Gasteiger partial charge in [-0.1, -0.05) is 36.4 Å². The van der Waals surface area contributed by atoms with E-state index < -0.39 is 18.1 Å². The highest BCUT2D eigenvalue weighted by atomic mass is 16.6. The molecule has 8 heteroatoms. The number of nitrogens with zero attached hydrogens (tertiary/aromatic N) is 2. The Kier molecular flexibility index (Phi) is 8.04. The van der Waals surface area contributed by atoms with Gasteiger partial charge in [0.15, 0.2) is 0 Å². The predicted molar refractivity (Wildman–Crippen MR) is 131 cm³/mol. The average Bonchev–Trinajstić information content (AvgIpc) is 2.92. The molecule has 2 unspecified atom stereocenters. The topological polar surface area (TPSA) is 116 Å². The van der Waals surface area contributed by atoms with Crippen LogP contribution in [0, 0.1) is 17.2 Å². The van der Waals surface area contributed by atoms with E-state index in [2.05, 4.69) is 20.9 Å². The predicted octanol–water partition coefficient (Wildman–Crippen LogP) is 4.10. The third-order valence-electron chi connectivity index (χ3n) is 6.02. The minimum absolute atomic E-state index is 0.238. The smallest absolute Gasteiger partial charge is 0.412 e. The van der Waals surface area contributed by atoms with Crippen molar-refractivity contribution < 1.29 is 14.3 Å². The molecule has 4 rings (SSSR count). The highest BCUT2D eigenvalue weighted by molar-refractivity contribution is 5.89. The Hall–Kier alpha value is -4.22. The summed E-state index contributed by atoms with van der Waals surface area (Å²) < 4.78 is 5.63. The van der Waals surface area contributed by atoms with Gasteiger partial charge < -0.3 is 15.4 Å². The van der Waals surface area contributed by atoms with Crippen LogP contribution in [0.2, 0.25) is 0 Å². The van der Waals surface area contributed by atoms with Gasteiger partial charge in [-0.05, 0) is 67.7 Å². The number of nitriles is 1. The van der Waals surface area contributed by atoms with E-state index in [-0.39, 0.29) is 12.0 Å². The molecule has 35 heavy (non-hydrogen) atoms. The number of nitrogens with one attached hydrogen (secondary N) is 3. The van der Waals surface area contributed by atoms with Gasteiger partial charge in [0, 0.05) is 23.6 Å². The summed E-state index contributed by atoms with van der Waals surface area (Å²) in [6, 6.07) is 21.0. The van der Waals surface area contributed by atoms with E-state index in [9.17, 15) is 9.59 Å². The molecule has 1 fully saturated rings. The normalized spacial score (nSPS) is 15.3. The number of amides is 2. The van der Waals surface area contributed by atoms with Crippen LogP contribution in [-0.4, -0.2) is 30.1 Å². The minimum atomic E-state index is -1.15. The van der Waals surface area contributed by atoms with Crippen LogP contribution in [0.3, 0.4) is 0 Å². The molecule has 3 aromatic rings. The summed E-state index contributed by atoms with van der Waals surface area (Å²) in [4.78, 5) is 30.4. The number of anilines is 1. The third kappa shape index (κ3) is 6.43. The van der Waals surface area contributed by atoms with Crippen LogP contribution in [0.25, 0.3) is 0 Å². The number of aromatic nitrogens is 1. The van der Waals surface area contributed by atoms with E-state index in [4.69, 9.17) is 10.00 Å². The average molecular weight is 470 g/mol. The van der Waals surface area contributed by atoms with Crippen LogP contribution in [0.4, 0.5) is 10.5 Å². The molecule has 8 nitrogen and oxygen atoms in total. The van der Waals surface area contributed by atoms with Gasteiger partial charge in [-0.15, -0.1) is 0 Å². The second-order valence-electron chi connectivity index (χ2n) is 8.37. The number of ether oxygens (including phenoxy) is 1. The molecule has 2 atom stereocenters. The van der Waals surface area contributed by atoms with Crippen LogP contribution in [0.5, 0.6) is 0 Å². The number of hydrogen-bond donors (Lipinski definition) is 3. The zero-order valence-electron chi connectivity index (χ0n) is 19.2. The number of carbonyl (C=O) groups excluding carboxylic acids is 2. The van der Waals surface area contributed by atoms with Crippen molar-refractivity contribution in [3.63, 3.8) is 0 Å². The van der Waals surface area contributed by atoms with Crippen molar-refractivity contribution in [2.75, 3.05) is 18.4 Å². The van der Waals surface area contributed by atoms with E-state index >= 15 is 0 Å². The molecule has 3 N–H and O–H groups in total. The Morgan fingerprint density at radius 3 is 2.46 bits per heavy atom. The third-order valence-corrected chi connectivity index (χ3v) is 6.02. The monoisotopic (exact) mass is 469 g/mol. The number of benzene rings is 2. The summed E-state index contributed by atoms with van der Waals surface area (Å²) >= 11 is 0. The van der Waals surface area contributed by atoms with Gasteiger partial charge in [0.1, 0.15) is 0 Å². The molecular weight excluding hydrogens is 442 g/mol. The Labute approximate surface area is 204 Å². The van der Waals surface area contributed by atoms with Crippen molar-refractivity contribution in [2.24, 2.45) is 5.92 Å². The summed E-state index contributed by atoms with van der Waals surface area (Å²) in [6.07, 6.45) is 3.32. The fourth-order valence-electron chi connectivity index (χ4n) is 4.27. The summed E-state index contributed by atoms with van der Waals surface area (Å²) in [5.74, 6) is -0.168. The van der Waals surface area contributed by atoms with Gasteiger partial charge >= 0.3 is 6.09 Å². The van der Waals surface area contributed by atoms with Gasteiger partial charge in [0.05, 0.1) is 17.7 Å². The van der Waals surface area contributed by atoms with Crippen LogP contribution < -0.4 is 16.0 Å². The van der Waals surface area contributed by atoms with Crippen LogP contribution in [0.1, 0.15) is 41.7 Å². The van der Waals surface area contributed by atoms with Crippen LogP contribution in [-0.2, 0) is 9.53 Å². The zero-order chi connectivity index (χ0) is 24.5. The quantitative estimate of drug-likeness (QED) is 0.480. The van der Waals surface area contributed by atoms with Crippen molar-refractivity contribution in [1.82, 2.24) is 15.6 Å². The maximum absolute atomic E-state index is 13.6. The fourth-order valence-corrected chi connectivity index (χ4v) is 4.27. The first-order valence-electron chi connectivity index (χ1n) is 11.6. The maximum atomic E-state index is 13.6. The van der Waals surface area contributed by atoms with Gasteiger partial charge in [0.25, 0.3) is 5.91 Å². The molecule has 2 amide bonds. The van der Waals surface area contributed by atoms with Crippen molar-refractivity contribution in [1.29, 1.82) is 5.26 Å². The molecule has 0 radical (unpaired) electrons. The summed E-state index contributed by atoms with van der Waals surface area (Å²) in [5.41, 5.74) is 2.34. The Morgan fingerprint density at radius 1 is 1.00 bits per heavy atom. The Morgan fingerprint density at radius 2 is 1.74 bits per heavy atom. The molecule has 1 aromatic heterocycles. The SMILES string of the molecule is N#Cc1cccc(NC(=O)OC(C(=O)NC(c2ccncc2)C2CCNCC2)c2ccccc2)c1. The molecule has 2 heterocycles. The first-order valence-corrected chi connectivity index (χ1v) is 11.6. The molecule has 1 aliphatic heterocycles. The first kappa shape index (κ1) is 23.9. The maximum Gasteiger partial charge on any atom is 0.412 e. The lowest BCUT2D eigenvalue weighted by atomic mass is 9.86. The summed E-state index contributed by atoms with van der Waals surface area (Å²) in [7, 11) is 0. The molecule has 0 bridgehead atoms. The van der Waals surface area contributed by atoms with Crippen LogP contribution >= 0.6 is 0 Å². The highest BCUT2D eigenvalue weighted by Gasteiger charge is 2.31. The molecule has 0 saturated carbocycles. The molecule has 1 saturated heterocycles. The van der Waals surface area contributed by atoms with E-state index in [1.165, 1.54) is 6.07 Å². The lowest BCUT2D eigenvalue weighted by molar-refractivity contribution is -0.131. The van der Waals surface area contributed by atoms with E-state index in [0.29, 0.717) is 16.8 Å². The second kappa shape index (κ2) is 11.8. The van der Waals surface area contributed by atoms with E-state index in [0.717, 1.165) is 31.5 Å². The van der Waals surface area contributed by atoms with Gasteiger partial charge in [0.2, 0.25) is 6.10 Å². The van der Waals surface area contributed by atoms with Crippen molar-refractivity contribution in [3.05, 3.63) is 95.8 Å². The first-order chi connectivity index (χ1) is 17.1. The fraction of sp³-hybridized carbons (Fsp3) is 0.259. The lowest BCUT2D eigenvalue weighted by Crippen LogP contribution is -2.41. The molecule has 0 aliphatic carbocycles. The molecular formula is C27H27N5O3. The Balaban J connectivity index is 1.55. The molecule has 178 valence electrons. The largest absolute Gasteiger partial charge is 0.431 e. The van der Waals surface area contributed by atoms with Crippen molar-refractivity contribution >= 4 is 17.7 Å². The van der Waals surface area contributed by atoms with E-state index in [1.807, 2.05) is 24.3 Å². The summed E-state index contributed by atoms with van der Waals surface area (Å²) in [6.45, 7) is 1.76. The second-order valence-corrected chi connectivity index (χ2v) is 8.37. The van der Waals surface area contributed by atoms with E-state index in [1.54, 1.807) is 54.9 Å². The summed E-state index contributed by atoms with van der Waals surface area (Å²) in [5, 5.41) is 18.2. The number of piperidine rings is 1. The minimum Gasteiger partial charge on any atom is -0.431 e. The number of rotatable bonds is 7. The van der Waals surface area contributed by atoms with Crippen molar-refractivity contribution in [2.45, 2.75) is 25.0 Å². The zero-order valence-corrected chi connectivity index (χ0v) is 19.2. The van der Waals surface area contributed by atoms with Gasteiger partial charge in [-0.25, -0.2) is 4.79 Å². The number of carbonyl (C=O) groups is 2. The van der Waals surface area contributed by atoms with Gasteiger partial charge in [-0.2, -0.15) is 5.26 Å². The van der Waals surface area contributed by atoms with Crippen LogP contribution in [0.15, 0.2) is 79.1 Å². The molecule has 0 spiro atoms. The van der Waals surface area contributed by atoms with Crippen molar-refractivity contribution in [3.8, 4) is 6.07 Å². The molecule has 1 aliphatic rings. The molecule has 2 aromatic carbocycles. The standard InChI is InChI=1S/C27H27N5O3/c28-18-19-5-4-8-23(17-19)31-27(34)35-25(22-6-2-1-3-7-22)26(33)32-24(20-9-13-29-14-10-20)21-11-15-30-16-12-21/h1-10,13-14,17,21,24-25,30H,11-12,15-16H2,(H,31,34)(H,32,33). The number of hydrogen-bond acceptors (Lipinski definition) is 6. The Bertz CT molecular complexity index is 1170. The van der Waals surface area contributed by atoms with Gasteiger partial charge in [-0.3, -0.25) is 15.1 Å². The highest BCUT2D eigenvalue weighted by Crippen LogP contribution is 2.30. The lowest BCUT2D eigenvalue weighted by Gasteiger charge is -2.32. The number of pyridine rings is 1.